The first-order chi connectivity index (χ1) is 9.72. The van der Waals surface area contributed by atoms with Crippen LogP contribution < -0.4 is 5.32 Å². The predicted octanol–water partition coefficient (Wildman–Crippen LogP) is 2.65. The number of nitrogens with zero attached hydrogens (tertiary/aromatic N) is 1. The topological polar surface area (TPSA) is 59.1 Å². The van der Waals surface area contributed by atoms with Crippen molar-refractivity contribution < 1.29 is 9.59 Å². The van der Waals surface area contributed by atoms with Crippen LogP contribution >= 0.6 is 12.6 Å². The normalized spacial score (nSPS) is 15.9. The first kappa shape index (κ1) is 14.5. The van der Waals surface area contributed by atoms with Gasteiger partial charge in [0.1, 0.15) is 0 Å². The van der Waals surface area contributed by atoms with Gasteiger partial charge in [-0.15, -0.1) is 12.6 Å². The molecule has 20 heavy (non-hydrogen) atoms. The monoisotopic (exact) mass is 288 g/mol. The van der Waals surface area contributed by atoms with Crippen LogP contribution in [0.4, 0.5) is 0 Å². The quantitative estimate of drug-likeness (QED) is 0.509. The number of carbonyl (C=O) groups is 2. The van der Waals surface area contributed by atoms with E-state index >= 15 is 0 Å². The Labute approximate surface area is 123 Å². The molecule has 1 aliphatic rings. The number of pyridine rings is 1. The van der Waals surface area contributed by atoms with Crippen LogP contribution in [-0.2, 0) is 4.79 Å². The fourth-order valence-corrected chi connectivity index (χ4v) is 2.52. The molecule has 1 aliphatic carbocycles. The first-order valence-electron chi connectivity index (χ1n) is 6.50. The summed E-state index contributed by atoms with van der Waals surface area (Å²) in [6.45, 7) is 0. The van der Waals surface area contributed by atoms with E-state index in [2.05, 4.69) is 22.9 Å². The second-order valence-electron chi connectivity index (χ2n) is 4.57. The minimum Gasteiger partial charge on any atom is -0.328 e. The van der Waals surface area contributed by atoms with Crippen LogP contribution in [0.1, 0.15) is 36.0 Å². The third kappa shape index (κ3) is 3.57. The highest BCUT2D eigenvalue weighted by Gasteiger charge is 2.14. The number of allylic oxidation sites excluding steroid dienone is 3. The first-order valence-corrected chi connectivity index (χ1v) is 6.94. The highest BCUT2D eigenvalue weighted by atomic mass is 32.1. The summed E-state index contributed by atoms with van der Waals surface area (Å²) in [5.74, 6) is -0.283. The van der Waals surface area contributed by atoms with Gasteiger partial charge in [-0.25, -0.2) is 0 Å². The zero-order valence-corrected chi connectivity index (χ0v) is 11.9. The van der Waals surface area contributed by atoms with Gasteiger partial charge in [0.2, 0.25) is 0 Å². The van der Waals surface area contributed by atoms with Crippen molar-refractivity contribution in [1.29, 1.82) is 0 Å². The fourth-order valence-electron chi connectivity index (χ4n) is 2.12. The molecule has 0 bridgehead atoms. The van der Waals surface area contributed by atoms with Crippen molar-refractivity contribution in [3.8, 4) is 0 Å². The van der Waals surface area contributed by atoms with Crippen LogP contribution in [0.3, 0.4) is 0 Å². The van der Waals surface area contributed by atoms with Crippen LogP contribution in [0.25, 0.3) is 0 Å². The minimum atomic E-state index is -0.283. The number of rotatable bonds is 4. The van der Waals surface area contributed by atoms with E-state index in [-0.39, 0.29) is 5.91 Å². The van der Waals surface area contributed by atoms with Crippen molar-refractivity contribution >= 4 is 24.8 Å². The molecular formula is C15H16N2O2S. The Balaban J connectivity index is 2.12. The lowest BCUT2D eigenvalue weighted by atomic mass is 9.94. The molecule has 0 saturated carbocycles. The molecule has 1 heterocycles. The maximum atomic E-state index is 11.9. The van der Waals surface area contributed by atoms with Gasteiger partial charge in [0.25, 0.3) is 5.91 Å². The molecule has 0 saturated heterocycles. The fraction of sp³-hybridized carbons (Fsp3) is 0.267. The van der Waals surface area contributed by atoms with Crippen molar-refractivity contribution in [1.82, 2.24) is 10.3 Å². The summed E-state index contributed by atoms with van der Waals surface area (Å²) in [7, 11) is 0. The van der Waals surface area contributed by atoms with Gasteiger partial charge in [0, 0.05) is 24.2 Å². The van der Waals surface area contributed by atoms with Crippen molar-refractivity contribution in [3.05, 3.63) is 52.3 Å². The Hall–Kier alpha value is -1.88. The van der Waals surface area contributed by atoms with Crippen LogP contribution in [-0.4, -0.2) is 17.2 Å². The summed E-state index contributed by atoms with van der Waals surface area (Å²) in [6.07, 6.45) is 9.15. The van der Waals surface area contributed by atoms with Gasteiger partial charge in [0.05, 0.1) is 5.56 Å². The molecule has 1 amide bonds. The molecule has 5 heteroatoms. The van der Waals surface area contributed by atoms with Crippen LogP contribution in [0.15, 0.2) is 46.8 Å². The Kier molecular flexibility index (Phi) is 5.12. The molecule has 0 unspecified atom stereocenters. The van der Waals surface area contributed by atoms with E-state index in [0.29, 0.717) is 11.1 Å². The number of aldehydes is 1. The largest absolute Gasteiger partial charge is 0.328 e. The SMILES string of the molecule is O=C/C(=C\NC(=O)c1cccnc1)C1=C(S)CCCC1. The van der Waals surface area contributed by atoms with E-state index in [1.54, 1.807) is 18.3 Å². The molecule has 1 N–H and O–H groups in total. The van der Waals surface area contributed by atoms with Gasteiger partial charge in [0.15, 0.2) is 6.29 Å². The van der Waals surface area contributed by atoms with E-state index in [0.717, 1.165) is 42.4 Å². The number of carbonyl (C=O) groups excluding carboxylic acids is 2. The standard InChI is InChI=1S/C15H16N2O2S/c18-10-12(13-5-1-2-6-14(13)20)9-17-15(19)11-4-3-7-16-8-11/h3-4,7-10,20H,1-2,5-6H2,(H,17,19)/b12-9+. The number of amides is 1. The maximum Gasteiger partial charge on any atom is 0.256 e. The highest BCUT2D eigenvalue weighted by Crippen LogP contribution is 2.30. The van der Waals surface area contributed by atoms with Gasteiger partial charge < -0.3 is 5.32 Å². The number of hydrogen-bond acceptors (Lipinski definition) is 4. The zero-order valence-electron chi connectivity index (χ0n) is 11.0. The highest BCUT2D eigenvalue weighted by molar-refractivity contribution is 7.84. The third-order valence-corrected chi connectivity index (χ3v) is 3.69. The van der Waals surface area contributed by atoms with Crippen LogP contribution in [0.5, 0.6) is 0 Å². The van der Waals surface area contributed by atoms with E-state index in [1.807, 2.05) is 0 Å². The lowest BCUT2D eigenvalue weighted by Crippen LogP contribution is -2.18. The molecule has 1 aromatic heterocycles. The van der Waals surface area contributed by atoms with Crippen LogP contribution in [0.2, 0.25) is 0 Å². The molecule has 104 valence electrons. The summed E-state index contributed by atoms with van der Waals surface area (Å²) < 4.78 is 0. The number of thiol groups is 1. The average Bonchev–Trinajstić information content (AvgIpc) is 2.50. The molecule has 0 spiro atoms. The summed E-state index contributed by atoms with van der Waals surface area (Å²) >= 11 is 4.42. The molecule has 0 aliphatic heterocycles. The Morgan fingerprint density at radius 2 is 2.15 bits per heavy atom. The van der Waals surface area contributed by atoms with E-state index in [4.69, 9.17) is 0 Å². The van der Waals surface area contributed by atoms with Crippen molar-refractivity contribution in [3.63, 3.8) is 0 Å². The van der Waals surface area contributed by atoms with E-state index < -0.39 is 0 Å². The molecule has 0 atom stereocenters. The average molecular weight is 288 g/mol. The molecule has 0 radical (unpaired) electrons. The molecule has 2 rings (SSSR count). The second kappa shape index (κ2) is 7.05. The van der Waals surface area contributed by atoms with Crippen molar-refractivity contribution in [2.24, 2.45) is 0 Å². The number of hydrogen-bond donors (Lipinski definition) is 2. The lowest BCUT2D eigenvalue weighted by Gasteiger charge is -2.16. The molecule has 0 aromatic carbocycles. The van der Waals surface area contributed by atoms with Crippen LogP contribution in [0, 0.1) is 0 Å². The summed E-state index contributed by atoms with van der Waals surface area (Å²) in [5, 5.41) is 2.63. The van der Waals surface area contributed by atoms with Gasteiger partial charge in [-0.05, 0) is 48.3 Å². The van der Waals surface area contributed by atoms with Crippen molar-refractivity contribution in [2.45, 2.75) is 25.7 Å². The molecule has 1 aromatic rings. The maximum absolute atomic E-state index is 11.9. The van der Waals surface area contributed by atoms with Gasteiger partial charge in [-0.2, -0.15) is 0 Å². The molecule has 0 fully saturated rings. The summed E-state index contributed by atoms with van der Waals surface area (Å²) in [4.78, 5) is 27.9. The van der Waals surface area contributed by atoms with Gasteiger partial charge in [-0.1, -0.05) is 0 Å². The zero-order chi connectivity index (χ0) is 14.4. The number of nitrogens with one attached hydrogen (secondary N) is 1. The number of aromatic nitrogens is 1. The second-order valence-corrected chi connectivity index (χ2v) is 5.10. The van der Waals surface area contributed by atoms with E-state index in [9.17, 15) is 9.59 Å². The summed E-state index contributed by atoms with van der Waals surface area (Å²) in [6, 6.07) is 3.36. The van der Waals surface area contributed by atoms with E-state index in [1.165, 1.54) is 12.4 Å². The Morgan fingerprint density at radius 1 is 1.35 bits per heavy atom. The van der Waals surface area contributed by atoms with Crippen molar-refractivity contribution in [2.75, 3.05) is 0 Å². The summed E-state index contributed by atoms with van der Waals surface area (Å²) in [5.41, 5.74) is 1.88. The van der Waals surface area contributed by atoms with Gasteiger partial charge >= 0.3 is 0 Å². The molecule has 4 nitrogen and oxygen atoms in total. The Bertz CT molecular complexity index is 564. The lowest BCUT2D eigenvalue weighted by molar-refractivity contribution is -0.104. The molecular weight excluding hydrogens is 272 g/mol. The third-order valence-electron chi connectivity index (χ3n) is 3.20. The Morgan fingerprint density at radius 3 is 2.80 bits per heavy atom. The van der Waals surface area contributed by atoms with Gasteiger partial charge in [-0.3, -0.25) is 14.6 Å². The minimum absolute atomic E-state index is 0.283. The predicted molar refractivity (Wildman–Crippen MR) is 80.3 cm³/mol. The smallest absolute Gasteiger partial charge is 0.256 e.